The molecule has 0 spiro atoms. The van der Waals surface area contributed by atoms with Crippen molar-refractivity contribution in [2.75, 3.05) is 0 Å². The molecule has 1 aliphatic carbocycles. The van der Waals surface area contributed by atoms with Crippen LogP contribution in [-0.2, 0) is 6.42 Å². The molecule has 1 aromatic rings. The van der Waals surface area contributed by atoms with Gasteiger partial charge < -0.3 is 0 Å². The molecule has 1 saturated carbocycles. The highest BCUT2D eigenvalue weighted by atomic mass is 14.3. The van der Waals surface area contributed by atoms with E-state index in [1.54, 1.807) is 0 Å². The number of benzene rings is 1. The van der Waals surface area contributed by atoms with E-state index in [1.165, 1.54) is 43.2 Å². The molecule has 0 N–H and O–H groups in total. The lowest BCUT2D eigenvalue weighted by Crippen LogP contribution is -2.10. The fourth-order valence-electron chi connectivity index (χ4n) is 2.67. The SMILES string of the molecule is Cc1ccc(CC2CCCCC2)c(C#N)c1. The van der Waals surface area contributed by atoms with Gasteiger partial charge in [-0.15, -0.1) is 0 Å². The molecule has 0 saturated heterocycles. The van der Waals surface area contributed by atoms with Crippen LogP contribution in [0.1, 0.15) is 48.8 Å². The van der Waals surface area contributed by atoms with E-state index in [-0.39, 0.29) is 0 Å². The number of rotatable bonds is 2. The van der Waals surface area contributed by atoms with E-state index in [2.05, 4.69) is 18.2 Å². The Bertz CT molecular complexity index is 394. The second kappa shape index (κ2) is 5.16. The van der Waals surface area contributed by atoms with E-state index in [0.717, 1.165) is 17.9 Å². The smallest absolute Gasteiger partial charge is 0.0994 e. The Balaban J connectivity index is 2.11. The summed E-state index contributed by atoms with van der Waals surface area (Å²) in [6, 6.07) is 8.60. The number of nitriles is 1. The van der Waals surface area contributed by atoms with Gasteiger partial charge in [-0.1, -0.05) is 44.2 Å². The standard InChI is InChI=1S/C15H19N/c1-12-7-8-14(15(9-12)11-16)10-13-5-3-2-4-6-13/h7-9,13H,2-6,10H2,1H3. The minimum atomic E-state index is 0.809. The van der Waals surface area contributed by atoms with Gasteiger partial charge in [-0.2, -0.15) is 5.26 Å². The average Bonchev–Trinajstić information content (AvgIpc) is 2.33. The van der Waals surface area contributed by atoms with Crippen LogP contribution in [0.2, 0.25) is 0 Å². The molecule has 16 heavy (non-hydrogen) atoms. The van der Waals surface area contributed by atoms with Crippen molar-refractivity contribution >= 4 is 0 Å². The molecule has 0 atom stereocenters. The Morgan fingerprint density at radius 2 is 2.00 bits per heavy atom. The van der Waals surface area contributed by atoms with Crippen molar-refractivity contribution in [2.24, 2.45) is 5.92 Å². The molecule has 1 aromatic carbocycles. The normalized spacial score (nSPS) is 17.0. The largest absolute Gasteiger partial charge is 0.192 e. The monoisotopic (exact) mass is 213 g/mol. The highest BCUT2D eigenvalue weighted by Crippen LogP contribution is 2.27. The van der Waals surface area contributed by atoms with Gasteiger partial charge in [0, 0.05) is 0 Å². The number of hydrogen-bond acceptors (Lipinski definition) is 1. The highest BCUT2D eigenvalue weighted by Gasteiger charge is 2.15. The topological polar surface area (TPSA) is 23.8 Å². The molecule has 0 unspecified atom stereocenters. The van der Waals surface area contributed by atoms with Crippen LogP contribution in [0.4, 0.5) is 0 Å². The predicted molar refractivity (Wildman–Crippen MR) is 66.2 cm³/mol. The van der Waals surface area contributed by atoms with Gasteiger partial charge in [0.25, 0.3) is 0 Å². The number of nitrogens with zero attached hydrogens (tertiary/aromatic N) is 1. The Labute approximate surface area is 98.1 Å². The van der Waals surface area contributed by atoms with Crippen LogP contribution in [0.5, 0.6) is 0 Å². The summed E-state index contributed by atoms with van der Waals surface area (Å²) < 4.78 is 0. The third-order valence-corrected chi connectivity index (χ3v) is 3.62. The molecule has 1 fully saturated rings. The third-order valence-electron chi connectivity index (χ3n) is 3.62. The van der Waals surface area contributed by atoms with E-state index in [0.29, 0.717) is 0 Å². The molecule has 0 radical (unpaired) electrons. The second-order valence-corrected chi connectivity index (χ2v) is 4.98. The Morgan fingerprint density at radius 3 is 2.69 bits per heavy atom. The van der Waals surface area contributed by atoms with E-state index in [1.807, 2.05) is 13.0 Å². The molecule has 1 aliphatic rings. The maximum atomic E-state index is 9.12. The van der Waals surface area contributed by atoms with Crippen molar-refractivity contribution in [3.63, 3.8) is 0 Å². The minimum absolute atomic E-state index is 0.809. The van der Waals surface area contributed by atoms with Gasteiger partial charge in [0.05, 0.1) is 11.6 Å². The maximum absolute atomic E-state index is 9.12. The molecular weight excluding hydrogens is 194 g/mol. The van der Waals surface area contributed by atoms with Gasteiger partial charge in [0.1, 0.15) is 0 Å². The van der Waals surface area contributed by atoms with Gasteiger partial charge in [-0.05, 0) is 36.5 Å². The summed E-state index contributed by atoms with van der Waals surface area (Å²) in [6.07, 6.45) is 7.94. The first kappa shape index (κ1) is 11.2. The molecule has 0 aromatic heterocycles. The predicted octanol–water partition coefficient (Wildman–Crippen LogP) is 3.99. The van der Waals surface area contributed by atoms with E-state index in [4.69, 9.17) is 5.26 Å². The first-order valence-corrected chi connectivity index (χ1v) is 6.29. The lowest BCUT2D eigenvalue weighted by molar-refractivity contribution is 0.356. The van der Waals surface area contributed by atoms with Crippen LogP contribution >= 0.6 is 0 Å². The Morgan fingerprint density at radius 1 is 1.25 bits per heavy atom. The van der Waals surface area contributed by atoms with Crippen LogP contribution in [0.25, 0.3) is 0 Å². The maximum Gasteiger partial charge on any atom is 0.0994 e. The molecular formula is C15H19N. The summed E-state index contributed by atoms with van der Waals surface area (Å²) in [6.45, 7) is 2.05. The van der Waals surface area contributed by atoms with E-state index < -0.39 is 0 Å². The second-order valence-electron chi connectivity index (χ2n) is 4.98. The van der Waals surface area contributed by atoms with Crippen LogP contribution < -0.4 is 0 Å². The number of hydrogen-bond donors (Lipinski definition) is 0. The fourth-order valence-corrected chi connectivity index (χ4v) is 2.67. The minimum Gasteiger partial charge on any atom is -0.192 e. The van der Waals surface area contributed by atoms with Crippen LogP contribution in [-0.4, -0.2) is 0 Å². The first-order chi connectivity index (χ1) is 7.79. The molecule has 84 valence electrons. The summed E-state index contributed by atoms with van der Waals surface area (Å²) in [5, 5.41) is 9.12. The van der Waals surface area contributed by atoms with Crippen LogP contribution in [0, 0.1) is 24.2 Å². The summed E-state index contributed by atoms with van der Waals surface area (Å²) in [7, 11) is 0. The summed E-state index contributed by atoms with van der Waals surface area (Å²) in [5.74, 6) is 0.809. The quantitative estimate of drug-likeness (QED) is 0.728. The van der Waals surface area contributed by atoms with Crippen molar-refractivity contribution in [3.8, 4) is 6.07 Å². The fraction of sp³-hybridized carbons (Fsp3) is 0.533. The van der Waals surface area contributed by atoms with Crippen LogP contribution in [0.3, 0.4) is 0 Å². The number of aryl methyl sites for hydroxylation is 1. The van der Waals surface area contributed by atoms with Crippen molar-refractivity contribution < 1.29 is 0 Å². The first-order valence-electron chi connectivity index (χ1n) is 6.29. The molecule has 1 heteroatoms. The average molecular weight is 213 g/mol. The molecule has 2 rings (SSSR count). The van der Waals surface area contributed by atoms with Crippen molar-refractivity contribution in [2.45, 2.75) is 45.4 Å². The van der Waals surface area contributed by atoms with E-state index >= 15 is 0 Å². The molecule has 0 heterocycles. The zero-order chi connectivity index (χ0) is 11.4. The lowest BCUT2D eigenvalue weighted by Gasteiger charge is -2.21. The summed E-state index contributed by atoms with van der Waals surface area (Å²) >= 11 is 0. The van der Waals surface area contributed by atoms with Gasteiger partial charge in [0.2, 0.25) is 0 Å². The zero-order valence-corrected chi connectivity index (χ0v) is 10.00. The van der Waals surface area contributed by atoms with Crippen molar-refractivity contribution in [1.82, 2.24) is 0 Å². The highest BCUT2D eigenvalue weighted by molar-refractivity contribution is 5.40. The van der Waals surface area contributed by atoms with Gasteiger partial charge >= 0.3 is 0 Å². The van der Waals surface area contributed by atoms with Gasteiger partial charge in [-0.3, -0.25) is 0 Å². The van der Waals surface area contributed by atoms with Crippen molar-refractivity contribution in [1.29, 1.82) is 5.26 Å². The zero-order valence-electron chi connectivity index (χ0n) is 10.00. The van der Waals surface area contributed by atoms with E-state index in [9.17, 15) is 0 Å². The summed E-state index contributed by atoms with van der Waals surface area (Å²) in [5.41, 5.74) is 3.31. The molecule has 0 aliphatic heterocycles. The Kier molecular flexibility index (Phi) is 3.62. The van der Waals surface area contributed by atoms with Gasteiger partial charge in [0.15, 0.2) is 0 Å². The van der Waals surface area contributed by atoms with Crippen molar-refractivity contribution in [3.05, 3.63) is 34.9 Å². The van der Waals surface area contributed by atoms with Crippen LogP contribution in [0.15, 0.2) is 18.2 Å². The molecule has 0 amide bonds. The molecule has 1 nitrogen and oxygen atoms in total. The van der Waals surface area contributed by atoms with Gasteiger partial charge in [-0.25, -0.2) is 0 Å². The summed E-state index contributed by atoms with van der Waals surface area (Å²) in [4.78, 5) is 0. The molecule has 0 bridgehead atoms. The Hall–Kier alpha value is -1.29. The third kappa shape index (κ3) is 2.64. The lowest BCUT2D eigenvalue weighted by atomic mass is 9.84.